The second kappa shape index (κ2) is 5.27. The van der Waals surface area contributed by atoms with Crippen LogP contribution in [0.15, 0.2) is 28.3 Å². The topological polar surface area (TPSA) is 50.9 Å². The maximum absolute atomic E-state index is 5.68. The molecule has 1 atom stereocenters. The number of aromatic nitrogens is 1. The molecule has 3 N–H and O–H groups in total. The lowest BCUT2D eigenvalue weighted by atomic mass is 10.0. The largest absolute Gasteiger partial charge is 0.271 e. The molecule has 0 radical (unpaired) electrons. The summed E-state index contributed by atoms with van der Waals surface area (Å²) in [7, 11) is 0. The van der Waals surface area contributed by atoms with Gasteiger partial charge in [0, 0.05) is 17.3 Å². The smallest absolute Gasteiger partial charge is 0.0820 e. The number of pyridine rings is 1. The van der Waals surface area contributed by atoms with Crippen molar-refractivity contribution in [2.24, 2.45) is 5.84 Å². The maximum Gasteiger partial charge on any atom is 0.0820 e. The van der Waals surface area contributed by atoms with Crippen LogP contribution in [0.2, 0.25) is 0 Å². The Kier molecular flexibility index (Phi) is 3.93. The first-order valence-corrected chi connectivity index (χ1v) is 6.87. The van der Waals surface area contributed by atoms with Crippen molar-refractivity contribution in [1.82, 2.24) is 10.4 Å². The Labute approximate surface area is 113 Å². The van der Waals surface area contributed by atoms with E-state index in [0.717, 1.165) is 9.35 Å². The summed E-state index contributed by atoms with van der Waals surface area (Å²) in [5.41, 5.74) is 6.39. The van der Waals surface area contributed by atoms with Crippen molar-refractivity contribution >= 4 is 27.3 Å². The summed E-state index contributed by atoms with van der Waals surface area (Å²) in [6, 6.07) is 4.14. The number of nitrogens with zero attached hydrogens (tertiary/aromatic N) is 1. The van der Waals surface area contributed by atoms with Crippen LogP contribution in [0.4, 0.5) is 0 Å². The average Bonchev–Trinajstić information content (AvgIpc) is 2.63. The van der Waals surface area contributed by atoms with Crippen molar-refractivity contribution in [3.05, 3.63) is 49.9 Å². The third kappa shape index (κ3) is 2.57. The normalized spacial score (nSPS) is 12.7. The second-order valence-electron chi connectivity index (χ2n) is 3.94. The summed E-state index contributed by atoms with van der Waals surface area (Å²) in [6.07, 6.45) is 3.66. The van der Waals surface area contributed by atoms with E-state index in [1.165, 1.54) is 16.0 Å². The predicted octanol–water partition coefficient (Wildman–Crippen LogP) is 3.08. The molecule has 90 valence electrons. The van der Waals surface area contributed by atoms with Gasteiger partial charge < -0.3 is 0 Å². The summed E-state index contributed by atoms with van der Waals surface area (Å²) in [5, 5.41) is 0. The predicted molar refractivity (Wildman–Crippen MR) is 74.9 cm³/mol. The number of hydrogen-bond acceptors (Lipinski definition) is 4. The van der Waals surface area contributed by atoms with Gasteiger partial charge in [-0.3, -0.25) is 10.8 Å². The van der Waals surface area contributed by atoms with E-state index in [-0.39, 0.29) is 6.04 Å². The lowest BCUT2D eigenvalue weighted by Crippen LogP contribution is -2.28. The number of halogens is 1. The molecule has 0 bridgehead atoms. The summed E-state index contributed by atoms with van der Waals surface area (Å²) in [6.45, 7) is 4.14. The molecule has 0 fully saturated rings. The summed E-state index contributed by atoms with van der Waals surface area (Å²) < 4.78 is 1.15. The summed E-state index contributed by atoms with van der Waals surface area (Å²) in [5.74, 6) is 5.68. The van der Waals surface area contributed by atoms with Crippen molar-refractivity contribution in [1.29, 1.82) is 0 Å². The van der Waals surface area contributed by atoms with E-state index in [0.29, 0.717) is 0 Å². The molecule has 1 unspecified atom stereocenters. The number of rotatable bonds is 3. The fourth-order valence-corrected chi connectivity index (χ4v) is 3.38. The first-order chi connectivity index (χ1) is 8.13. The molecule has 0 spiro atoms. The highest BCUT2D eigenvalue weighted by Gasteiger charge is 2.17. The molecule has 0 saturated heterocycles. The lowest BCUT2D eigenvalue weighted by molar-refractivity contribution is 0.640. The van der Waals surface area contributed by atoms with E-state index in [2.05, 4.69) is 46.3 Å². The van der Waals surface area contributed by atoms with E-state index in [9.17, 15) is 0 Å². The molecule has 0 aliphatic heterocycles. The highest BCUT2D eigenvalue weighted by molar-refractivity contribution is 9.11. The zero-order valence-electron chi connectivity index (χ0n) is 9.70. The minimum Gasteiger partial charge on any atom is -0.271 e. The zero-order valence-corrected chi connectivity index (χ0v) is 12.1. The number of hydrazine groups is 1. The first-order valence-electron chi connectivity index (χ1n) is 5.26. The van der Waals surface area contributed by atoms with Gasteiger partial charge in [-0.05, 0) is 58.6 Å². The Bertz CT molecular complexity index is 505. The fraction of sp³-hybridized carbons (Fsp3) is 0.250. The van der Waals surface area contributed by atoms with Crippen LogP contribution in [0.1, 0.15) is 27.6 Å². The zero-order chi connectivity index (χ0) is 12.4. The van der Waals surface area contributed by atoms with Gasteiger partial charge in [0.2, 0.25) is 0 Å². The van der Waals surface area contributed by atoms with Crippen LogP contribution in [0.3, 0.4) is 0 Å². The molecule has 2 rings (SSSR count). The van der Waals surface area contributed by atoms with Gasteiger partial charge in [0.15, 0.2) is 0 Å². The SMILES string of the molecule is Cc1ccncc1C(NN)c1cc(C)c(Br)s1. The highest BCUT2D eigenvalue weighted by atomic mass is 79.9. The Balaban J connectivity index is 2.44. The number of hydrogen-bond donors (Lipinski definition) is 2. The number of nitrogens with one attached hydrogen (secondary N) is 1. The van der Waals surface area contributed by atoms with Crippen molar-refractivity contribution in [3.63, 3.8) is 0 Å². The van der Waals surface area contributed by atoms with E-state index >= 15 is 0 Å². The molecule has 3 nitrogen and oxygen atoms in total. The standard InChI is InChI=1S/C12H14BrN3S/c1-7-3-4-15-6-9(7)11(16-14)10-5-8(2)12(13)17-10/h3-6,11,16H,14H2,1-2H3. The Hall–Kier alpha value is -0.750. The van der Waals surface area contributed by atoms with Crippen molar-refractivity contribution in [2.75, 3.05) is 0 Å². The van der Waals surface area contributed by atoms with Crippen LogP contribution in [-0.2, 0) is 0 Å². The van der Waals surface area contributed by atoms with Gasteiger partial charge in [0.1, 0.15) is 0 Å². The summed E-state index contributed by atoms with van der Waals surface area (Å²) >= 11 is 5.24. The number of aryl methyl sites for hydroxylation is 2. The van der Waals surface area contributed by atoms with Gasteiger partial charge in [-0.1, -0.05) is 0 Å². The Morgan fingerprint density at radius 2 is 2.18 bits per heavy atom. The number of nitrogens with two attached hydrogens (primary N) is 1. The molecule has 0 aliphatic rings. The fourth-order valence-electron chi connectivity index (χ4n) is 1.73. The van der Waals surface area contributed by atoms with Gasteiger partial charge in [-0.2, -0.15) is 0 Å². The van der Waals surface area contributed by atoms with E-state index in [4.69, 9.17) is 5.84 Å². The average molecular weight is 312 g/mol. The van der Waals surface area contributed by atoms with Gasteiger partial charge in [0.05, 0.1) is 9.83 Å². The van der Waals surface area contributed by atoms with Gasteiger partial charge in [-0.25, -0.2) is 5.43 Å². The number of thiophene rings is 1. The van der Waals surface area contributed by atoms with Crippen molar-refractivity contribution in [3.8, 4) is 0 Å². The molecule has 0 aliphatic carbocycles. The molecule has 2 aromatic heterocycles. The van der Waals surface area contributed by atoms with E-state index in [1.54, 1.807) is 17.5 Å². The molecule has 5 heteroatoms. The highest BCUT2D eigenvalue weighted by Crippen LogP contribution is 2.34. The lowest BCUT2D eigenvalue weighted by Gasteiger charge is -2.16. The molecule has 2 heterocycles. The van der Waals surface area contributed by atoms with Crippen LogP contribution in [0.25, 0.3) is 0 Å². The van der Waals surface area contributed by atoms with Crippen LogP contribution < -0.4 is 11.3 Å². The maximum atomic E-state index is 5.68. The molecule has 0 amide bonds. The molecule has 0 aromatic carbocycles. The van der Waals surface area contributed by atoms with Gasteiger partial charge >= 0.3 is 0 Å². The Morgan fingerprint density at radius 1 is 1.41 bits per heavy atom. The van der Waals surface area contributed by atoms with Crippen molar-refractivity contribution < 1.29 is 0 Å². The molecule has 0 saturated carbocycles. The van der Waals surface area contributed by atoms with E-state index in [1.807, 2.05) is 12.3 Å². The monoisotopic (exact) mass is 311 g/mol. The first kappa shape index (κ1) is 12.7. The minimum atomic E-state index is -0.00120. The van der Waals surface area contributed by atoms with E-state index < -0.39 is 0 Å². The van der Waals surface area contributed by atoms with Crippen LogP contribution >= 0.6 is 27.3 Å². The van der Waals surface area contributed by atoms with Crippen molar-refractivity contribution in [2.45, 2.75) is 19.9 Å². The molecular weight excluding hydrogens is 298 g/mol. The summed E-state index contributed by atoms with van der Waals surface area (Å²) in [4.78, 5) is 5.35. The quantitative estimate of drug-likeness (QED) is 0.676. The van der Waals surface area contributed by atoms with Crippen LogP contribution in [-0.4, -0.2) is 4.98 Å². The molecular formula is C12H14BrN3S. The molecule has 17 heavy (non-hydrogen) atoms. The van der Waals surface area contributed by atoms with Gasteiger partial charge in [-0.15, -0.1) is 11.3 Å². The third-order valence-corrected chi connectivity index (χ3v) is 4.92. The molecule has 2 aromatic rings. The second-order valence-corrected chi connectivity index (χ2v) is 6.34. The third-order valence-electron chi connectivity index (χ3n) is 2.72. The van der Waals surface area contributed by atoms with Crippen LogP contribution in [0.5, 0.6) is 0 Å². The minimum absolute atomic E-state index is 0.00120. The van der Waals surface area contributed by atoms with Crippen LogP contribution in [0, 0.1) is 13.8 Å². The Morgan fingerprint density at radius 3 is 2.71 bits per heavy atom. The van der Waals surface area contributed by atoms with Gasteiger partial charge in [0.25, 0.3) is 0 Å².